The van der Waals surface area contributed by atoms with Crippen LogP contribution in [0.3, 0.4) is 0 Å². The lowest BCUT2D eigenvalue weighted by Gasteiger charge is -2.23. The molecule has 1 saturated carbocycles. The number of benzene rings is 1. The molecule has 1 aromatic carbocycles. The van der Waals surface area contributed by atoms with Crippen LogP contribution in [0.2, 0.25) is 0 Å². The maximum absolute atomic E-state index is 12.7. The molecule has 2 aliphatic heterocycles. The third-order valence-corrected chi connectivity index (χ3v) is 5.32. The first kappa shape index (κ1) is 17.2. The minimum Gasteiger partial charge on any atom is -0.327 e. The normalized spacial score (nSPS) is 21.7. The maximum atomic E-state index is 12.7. The monoisotopic (exact) mass is 371 g/mol. The molecule has 0 radical (unpaired) electrons. The Labute approximate surface area is 154 Å². The second-order valence-corrected chi connectivity index (χ2v) is 6.93. The molecule has 1 saturated heterocycles. The van der Waals surface area contributed by atoms with Crippen LogP contribution in [0.25, 0.3) is 0 Å². The number of hydroxylamine groups is 2. The van der Waals surface area contributed by atoms with Gasteiger partial charge in [-0.1, -0.05) is 30.0 Å². The fraction of sp³-hybridized carbons (Fsp3) is 0.389. The number of fused-ring (bicyclic) bond motifs is 1. The van der Waals surface area contributed by atoms with Gasteiger partial charge in [0.15, 0.2) is 0 Å². The van der Waals surface area contributed by atoms with Crippen LogP contribution in [0.4, 0.5) is 4.79 Å². The number of hydrogen-bond donors (Lipinski definition) is 1. The van der Waals surface area contributed by atoms with Crippen LogP contribution in [0.15, 0.2) is 24.3 Å². The van der Waals surface area contributed by atoms with E-state index in [1.165, 1.54) is 19.1 Å². The Morgan fingerprint density at radius 3 is 2.19 bits per heavy atom. The van der Waals surface area contributed by atoms with Gasteiger partial charge in [-0.05, 0) is 31.9 Å². The topological polar surface area (TPSA) is 113 Å². The summed E-state index contributed by atoms with van der Waals surface area (Å²) < 4.78 is 0. The van der Waals surface area contributed by atoms with Crippen molar-refractivity contribution in [2.45, 2.75) is 44.2 Å². The lowest BCUT2D eigenvalue weighted by molar-refractivity contribution is -0.174. The summed E-state index contributed by atoms with van der Waals surface area (Å²) in [4.78, 5) is 67.8. The Morgan fingerprint density at radius 1 is 1.07 bits per heavy atom. The first-order chi connectivity index (χ1) is 12.9. The number of nitrogens with one attached hydrogen (secondary N) is 1. The van der Waals surface area contributed by atoms with Crippen molar-refractivity contribution in [3.05, 3.63) is 35.4 Å². The third kappa shape index (κ3) is 2.42. The van der Waals surface area contributed by atoms with Crippen molar-refractivity contribution in [1.29, 1.82) is 0 Å². The number of hydrogen-bond acceptors (Lipinski definition) is 6. The zero-order valence-electron chi connectivity index (χ0n) is 14.6. The molecular formula is C18H17N3O6. The van der Waals surface area contributed by atoms with E-state index in [2.05, 4.69) is 5.32 Å². The molecule has 140 valence electrons. The number of carbonyl (C=O) groups is 5. The highest BCUT2D eigenvalue weighted by atomic mass is 16.7. The first-order valence-corrected chi connectivity index (χ1v) is 8.71. The minimum absolute atomic E-state index is 0.128. The van der Waals surface area contributed by atoms with E-state index in [0.717, 1.165) is 17.7 Å². The van der Waals surface area contributed by atoms with E-state index in [4.69, 9.17) is 4.84 Å². The number of rotatable bonds is 3. The summed E-state index contributed by atoms with van der Waals surface area (Å²) in [6.45, 7) is 1.33. The Bertz CT molecular complexity index is 854. The number of urea groups is 1. The van der Waals surface area contributed by atoms with Crippen molar-refractivity contribution in [2.75, 3.05) is 0 Å². The van der Waals surface area contributed by atoms with E-state index >= 15 is 0 Å². The summed E-state index contributed by atoms with van der Waals surface area (Å²) in [5, 5.41) is 3.04. The van der Waals surface area contributed by atoms with Gasteiger partial charge < -0.3 is 10.2 Å². The smallest absolute Gasteiger partial charge is 0.327 e. The number of amides is 5. The molecule has 4 rings (SSSR count). The van der Waals surface area contributed by atoms with Gasteiger partial charge in [0.25, 0.3) is 17.7 Å². The average Bonchev–Trinajstić information content (AvgIpc) is 3.29. The quantitative estimate of drug-likeness (QED) is 0.626. The fourth-order valence-electron chi connectivity index (χ4n) is 3.83. The largest absolute Gasteiger partial charge is 0.355 e. The van der Waals surface area contributed by atoms with E-state index < -0.39 is 41.3 Å². The SMILES string of the molecule is CC(C(=O)ON1C(=O)c2ccccc2C1=O)N1C(=O)NC2(CCCC2)C1=O. The van der Waals surface area contributed by atoms with Gasteiger partial charge in [0.1, 0.15) is 11.6 Å². The van der Waals surface area contributed by atoms with Crippen LogP contribution in [0.1, 0.15) is 53.3 Å². The second-order valence-electron chi connectivity index (χ2n) is 6.93. The number of nitrogens with zero attached hydrogens (tertiary/aromatic N) is 2. The van der Waals surface area contributed by atoms with E-state index in [9.17, 15) is 24.0 Å². The molecule has 0 bridgehead atoms. The third-order valence-electron chi connectivity index (χ3n) is 5.32. The lowest BCUT2D eigenvalue weighted by Crippen LogP contribution is -2.48. The van der Waals surface area contributed by atoms with Crippen molar-refractivity contribution in [1.82, 2.24) is 15.3 Å². The Hall–Kier alpha value is -3.23. The van der Waals surface area contributed by atoms with Gasteiger partial charge in [-0.25, -0.2) is 14.5 Å². The van der Waals surface area contributed by atoms with E-state index in [1.807, 2.05) is 0 Å². The molecule has 1 aromatic rings. The maximum Gasteiger partial charge on any atom is 0.355 e. The van der Waals surface area contributed by atoms with Crippen LogP contribution in [0.5, 0.6) is 0 Å². The predicted molar refractivity (Wildman–Crippen MR) is 89.1 cm³/mol. The predicted octanol–water partition coefficient (Wildman–Crippen LogP) is 0.994. The van der Waals surface area contributed by atoms with Gasteiger partial charge in [-0.15, -0.1) is 0 Å². The highest BCUT2D eigenvalue weighted by Gasteiger charge is 2.55. The summed E-state index contributed by atoms with van der Waals surface area (Å²) in [5.41, 5.74) is -0.702. The molecule has 1 unspecified atom stereocenters. The van der Waals surface area contributed by atoms with Crippen LogP contribution < -0.4 is 5.32 Å². The van der Waals surface area contributed by atoms with Gasteiger partial charge >= 0.3 is 12.0 Å². The van der Waals surface area contributed by atoms with Crippen molar-refractivity contribution in [3.8, 4) is 0 Å². The molecule has 3 aliphatic rings. The van der Waals surface area contributed by atoms with Crippen molar-refractivity contribution in [2.24, 2.45) is 0 Å². The number of carbonyl (C=O) groups excluding carboxylic acids is 5. The van der Waals surface area contributed by atoms with Crippen molar-refractivity contribution in [3.63, 3.8) is 0 Å². The molecule has 9 heteroatoms. The van der Waals surface area contributed by atoms with E-state index in [1.54, 1.807) is 12.1 Å². The lowest BCUT2D eigenvalue weighted by atomic mass is 9.98. The molecule has 27 heavy (non-hydrogen) atoms. The van der Waals surface area contributed by atoms with E-state index in [-0.39, 0.29) is 11.1 Å². The van der Waals surface area contributed by atoms with Gasteiger partial charge in [0.2, 0.25) is 0 Å². The van der Waals surface area contributed by atoms with Crippen molar-refractivity contribution >= 4 is 29.7 Å². The molecule has 9 nitrogen and oxygen atoms in total. The molecule has 1 atom stereocenters. The summed E-state index contributed by atoms with van der Waals surface area (Å²) in [6, 6.07) is 4.14. The van der Waals surface area contributed by atoms with Crippen LogP contribution >= 0.6 is 0 Å². The van der Waals surface area contributed by atoms with Crippen LogP contribution in [-0.2, 0) is 14.4 Å². The highest BCUT2D eigenvalue weighted by molar-refractivity contribution is 6.21. The molecule has 1 spiro atoms. The molecule has 2 heterocycles. The summed E-state index contributed by atoms with van der Waals surface area (Å²) in [5.74, 6) is -3.04. The fourth-order valence-corrected chi connectivity index (χ4v) is 3.83. The standard InChI is InChI=1S/C18H17N3O6/c1-10(20-16(25)18(19-17(20)26)8-4-5-9-18)15(24)27-21-13(22)11-6-2-3-7-12(11)14(21)23/h2-3,6-7,10H,4-5,8-9H2,1H3,(H,19,26). The van der Waals surface area contributed by atoms with Gasteiger partial charge in [-0.3, -0.25) is 14.4 Å². The number of imide groups is 2. The first-order valence-electron chi connectivity index (χ1n) is 8.71. The van der Waals surface area contributed by atoms with Gasteiger partial charge in [0, 0.05) is 0 Å². The summed E-state index contributed by atoms with van der Waals surface area (Å²) in [6.07, 6.45) is 2.67. The molecule has 2 fully saturated rings. The second kappa shape index (κ2) is 5.90. The van der Waals surface area contributed by atoms with Crippen molar-refractivity contribution < 1.29 is 28.8 Å². The van der Waals surface area contributed by atoms with E-state index in [0.29, 0.717) is 17.9 Å². The minimum atomic E-state index is -1.28. The molecule has 0 aromatic heterocycles. The Kier molecular flexibility index (Phi) is 3.76. The molecule has 5 amide bonds. The summed E-state index contributed by atoms with van der Waals surface area (Å²) >= 11 is 0. The zero-order chi connectivity index (χ0) is 19.3. The summed E-state index contributed by atoms with van der Waals surface area (Å²) in [7, 11) is 0. The van der Waals surface area contributed by atoms with Gasteiger partial charge in [0.05, 0.1) is 11.1 Å². The Morgan fingerprint density at radius 2 is 1.63 bits per heavy atom. The highest BCUT2D eigenvalue weighted by Crippen LogP contribution is 2.36. The molecule has 1 N–H and O–H groups in total. The Balaban J connectivity index is 1.51. The zero-order valence-corrected chi connectivity index (χ0v) is 14.6. The molecular weight excluding hydrogens is 354 g/mol. The van der Waals surface area contributed by atoms with Crippen LogP contribution in [-0.4, -0.2) is 51.3 Å². The van der Waals surface area contributed by atoms with Gasteiger partial charge in [-0.2, -0.15) is 0 Å². The average molecular weight is 371 g/mol. The molecule has 1 aliphatic carbocycles. The van der Waals surface area contributed by atoms with Crippen LogP contribution in [0, 0.1) is 0 Å².